The predicted octanol–water partition coefficient (Wildman–Crippen LogP) is 2.31. The number of sulfonamides is 1. The Morgan fingerprint density at radius 1 is 1.29 bits per heavy atom. The lowest BCUT2D eigenvalue weighted by Crippen LogP contribution is -2.31. The van der Waals surface area contributed by atoms with Crippen molar-refractivity contribution in [3.8, 4) is 6.07 Å². The van der Waals surface area contributed by atoms with Crippen LogP contribution >= 0.6 is 0 Å². The van der Waals surface area contributed by atoms with Crippen LogP contribution in [-0.2, 0) is 15.8 Å². The van der Waals surface area contributed by atoms with Crippen LogP contribution in [-0.4, -0.2) is 19.9 Å². The highest BCUT2D eigenvalue weighted by Crippen LogP contribution is 2.19. The van der Waals surface area contributed by atoms with Gasteiger partial charge in [-0.2, -0.15) is 5.26 Å². The minimum Gasteiger partial charge on any atom is -0.269 e. The average molecular weight is 301 g/mol. The van der Waals surface area contributed by atoms with Gasteiger partial charge in [0.1, 0.15) is 0 Å². The van der Waals surface area contributed by atoms with Gasteiger partial charge < -0.3 is 0 Å². The standard InChI is InChI=1S/C15H15N3O2S/c1-2-18(15-7-4-8-17-11-15)21(19,20)12-14-6-3-5-13(9-14)10-16/h3-9,11H,2,12H2,1H3. The molecule has 2 rings (SSSR count). The van der Waals surface area contributed by atoms with Crippen LogP contribution in [0.1, 0.15) is 18.1 Å². The Kier molecular flexibility index (Phi) is 4.55. The highest BCUT2D eigenvalue weighted by molar-refractivity contribution is 7.92. The highest BCUT2D eigenvalue weighted by atomic mass is 32.2. The Balaban J connectivity index is 2.30. The van der Waals surface area contributed by atoms with E-state index < -0.39 is 10.0 Å². The minimum absolute atomic E-state index is 0.148. The molecule has 0 unspecified atom stereocenters. The second kappa shape index (κ2) is 6.37. The maximum absolute atomic E-state index is 12.5. The molecule has 0 N–H and O–H groups in total. The van der Waals surface area contributed by atoms with Crippen molar-refractivity contribution in [1.82, 2.24) is 4.98 Å². The number of hydrogen-bond donors (Lipinski definition) is 0. The van der Waals surface area contributed by atoms with Crippen molar-refractivity contribution in [3.63, 3.8) is 0 Å². The van der Waals surface area contributed by atoms with E-state index >= 15 is 0 Å². The number of hydrogen-bond acceptors (Lipinski definition) is 4. The SMILES string of the molecule is CCN(c1cccnc1)S(=O)(=O)Cc1cccc(C#N)c1. The van der Waals surface area contributed by atoms with Gasteiger partial charge in [0.25, 0.3) is 0 Å². The van der Waals surface area contributed by atoms with E-state index in [0.717, 1.165) is 0 Å². The molecule has 0 saturated heterocycles. The zero-order chi connectivity index (χ0) is 15.3. The molecule has 0 saturated carbocycles. The molecule has 0 spiro atoms. The van der Waals surface area contributed by atoms with E-state index in [-0.39, 0.29) is 5.75 Å². The van der Waals surface area contributed by atoms with Gasteiger partial charge in [-0.05, 0) is 36.8 Å². The highest BCUT2D eigenvalue weighted by Gasteiger charge is 2.21. The van der Waals surface area contributed by atoms with Gasteiger partial charge in [0.2, 0.25) is 10.0 Å². The first-order chi connectivity index (χ1) is 10.1. The van der Waals surface area contributed by atoms with Gasteiger partial charge in [0.15, 0.2) is 0 Å². The Morgan fingerprint density at radius 3 is 2.71 bits per heavy atom. The molecule has 0 aliphatic heterocycles. The third kappa shape index (κ3) is 3.58. The summed E-state index contributed by atoms with van der Waals surface area (Å²) >= 11 is 0. The van der Waals surface area contributed by atoms with Crippen molar-refractivity contribution in [2.24, 2.45) is 0 Å². The quantitative estimate of drug-likeness (QED) is 0.849. The van der Waals surface area contributed by atoms with Crippen molar-refractivity contribution < 1.29 is 8.42 Å². The molecule has 5 nitrogen and oxygen atoms in total. The molecule has 0 bridgehead atoms. The first-order valence-corrected chi connectivity index (χ1v) is 8.07. The molecular formula is C15H15N3O2S. The van der Waals surface area contributed by atoms with E-state index in [2.05, 4.69) is 4.98 Å². The fourth-order valence-electron chi connectivity index (χ4n) is 2.06. The summed E-state index contributed by atoms with van der Waals surface area (Å²) in [6.45, 7) is 2.10. The Bertz CT molecular complexity index is 752. The summed E-state index contributed by atoms with van der Waals surface area (Å²) in [6.07, 6.45) is 3.12. The molecule has 1 aromatic heterocycles. The van der Waals surface area contributed by atoms with E-state index in [1.165, 1.54) is 10.5 Å². The number of rotatable bonds is 5. The summed E-state index contributed by atoms with van der Waals surface area (Å²) in [5.74, 6) is -0.148. The van der Waals surface area contributed by atoms with Gasteiger partial charge in [0.05, 0.1) is 29.3 Å². The van der Waals surface area contributed by atoms with Gasteiger partial charge in [-0.15, -0.1) is 0 Å². The van der Waals surface area contributed by atoms with Crippen molar-refractivity contribution in [2.45, 2.75) is 12.7 Å². The zero-order valence-electron chi connectivity index (χ0n) is 11.6. The maximum atomic E-state index is 12.5. The molecular weight excluding hydrogens is 286 g/mol. The zero-order valence-corrected chi connectivity index (χ0v) is 12.4. The number of nitrogens with zero attached hydrogens (tertiary/aromatic N) is 3. The fraction of sp³-hybridized carbons (Fsp3) is 0.200. The molecule has 2 aromatic rings. The number of aromatic nitrogens is 1. The molecule has 0 fully saturated rings. The summed E-state index contributed by atoms with van der Waals surface area (Å²) in [7, 11) is -3.52. The molecule has 0 aliphatic rings. The number of benzene rings is 1. The summed E-state index contributed by atoms with van der Waals surface area (Å²) in [5, 5.41) is 8.88. The molecule has 1 aromatic carbocycles. The molecule has 0 aliphatic carbocycles. The van der Waals surface area contributed by atoms with Crippen molar-refractivity contribution in [2.75, 3.05) is 10.8 Å². The first-order valence-electron chi connectivity index (χ1n) is 6.46. The molecule has 0 radical (unpaired) electrons. The molecule has 0 amide bonds. The van der Waals surface area contributed by atoms with Crippen LogP contribution in [0.15, 0.2) is 48.8 Å². The van der Waals surface area contributed by atoms with Gasteiger partial charge in [-0.25, -0.2) is 8.42 Å². The van der Waals surface area contributed by atoms with Crippen molar-refractivity contribution >= 4 is 15.7 Å². The molecule has 1 heterocycles. The smallest absolute Gasteiger partial charge is 0.239 e. The van der Waals surface area contributed by atoms with Gasteiger partial charge in [-0.3, -0.25) is 9.29 Å². The van der Waals surface area contributed by atoms with Crippen LogP contribution in [0.25, 0.3) is 0 Å². The summed E-state index contributed by atoms with van der Waals surface area (Å²) in [5.41, 5.74) is 1.58. The lowest BCUT2D eigenvalue weighted by Gasteiger charge is -2.22. The lowest BCUT2D eigenvalue weighted by molar-refractivity contribution is 0.591. The maximum Gasteiger partial charge on any atom is 0.239 e. The van der Waals surface area contributed by atoms with Crippen molar-refractivity contribution in [3.05, 3.63) is 59.9 Å². The second-order valence-electron chi connectivity index (χ2n) is 4.44. The summed E-state index contributed by atoms with van der Waals surface area (Å²) < 4.78 is 26.4. The Labute approximate surface area is 124 Å². The monoisotopic (exact) mass is 301 g/mol. The molecule has 6 heteroatoms. The van der Waals surface area contributed by atoms with E-state index in [0.29, 0.717) is 23.4 Å². The van der Waals surface area contributed by atoms with E-state index in [1.807, 2.05) is 6.07 Å². The third-order valence-electron chi connectivity index (χ3n) is 2.96. The Morgan fingerprint density at radius 2 is 2.10 bits per heavy atom. The van der Waals surface area contributed by atoms with Crippen LogP contribution in [0.5, 0.6) is 0 Å². The average Bonchev–Trinajstić information content (AvgIpc) is 2.48. The van der Waals surface area contributed by atoms with Gasteiger partial charge >= 0.3 is 0 Å². The van der Waals surface area contributed by atoms with Crippen LogP contribution < -0.4 is 4.31 Å². The number of pyridine rings is 1. The van der Waals surface area contributed by atoms with Gasteiger partial charge in [0, 0.05) is 12.7 Å². The van der Waals surface area contributed by atoms with Crippen LogP contribution in [0.4, 0.5) is 5.69 Å². The number of nitriles is 1. The third-order valence-corrected chi connectivity index (χ3v) is 4.80. The van der Waals surface area contributed by atoms with Gasteiger partial charge in [-0.1, -0.05) is 12.1 Å². The van der Waals surface area contributed by atoms with Crippen LogP contribution in [0.2, 0.25) is 0 Å². The summed E-state index contributed by atoms with van der Waals surface area (Å²) in [6, 6.07) is 12.0. The van der Waals surface area contributed by atoms with E-state index in [9.17, 15) is 8.42 Å². The van der Waals surface area contributed by atoms with Crippen LogP contribution in [0, 0.1) is 11.3 Å². The summed E-state index contributed by atoms with van der Waals surface area (Å²) in [4.78, 5) is 3.95. The molecule has 0 atom stereocenters. The topological polar surface area (TPSA) is 74.1 Å². The molecule has 21 heavy (non-hydrogen) atoms. The number of anilines is 1. The molecule has 108 valence electrons. The Hall–Kier alpha value is -2.39. The second-order valence-corrected chi connectivity index (χ2v) is 6.34. The lowest BCUT2D eigenvalue weighted by atomic mass is 10.2. The fourth-order valence-corrected chi connectivity index (χ4v) is 3.64. The normalized spacial score (nSPS) is 10.9. The predicted molar refractivity (Wildman–Crippen MR) is 81.0 cm³/mol. The first kappa shape index (κ1) is 15.0. The largest absolute Gasteiger partial charge is 0.269 e. The van der Waals surface area contributed by atoms with Crippen molar-refractivity contribution in [1.29, 1.82) is 5.26 Å². The van der Waals surface area contributed by atoms with E-state index in [1.54, 1.807) is 49.5 Å². The van der Waals surface area contributed by atoms with E-state index in [4.69, 9.17) is 5.26 Å². The van der Waals surface area contributed by atoms with Crippen LogP contribution in [0.3, 0.4) is 0 Å². The minimum atomic E-state index is -3.52.